The van der Waals surface area contributed by atoms with Crippen molar-refractivity contribution >= 4 is 11.5 Å². The van der Waals surface area contributed by atoms with Crippen LogP contribution in [0.15, 0.2) is 36.5 Å². The zero-order valence-corrected chi connectivity index (χ0v) is 9.24. The van der Waals surface area contributed by atoms with Gasteiger partial charge in [-0.2, -0.15) is 5.26 Å². The molecule has 0 aliphatic heterocycles. The Kier molecular flexibility index (Phi) is 3.01. The SMILES string of the molecule is Cc1ccc(Nc2cc(C#N)ccn2)c(F)c1. The van der Waals surface area contributed by atoms with Crippen LogP contribution in [0.25, 0.3) is 0 Å². The number of anilines is 2. The Bertz CT molecular complexity index is 587. The molecule has 0 fully saturated rings. The molecule has 0 atom stereocenters. The van der Waals surface area contributed by atoms with Crippen LogP contribution in [0.4, 0.5) is 15.9 Å². The maximum absolute atomic E-state index is 13.6. The highest BCUT2D eigenvalue weighted by Gasteiger charge is 2.03. The molecule has 0 radical (unpaired) electrons. The lowest BCUT2D eigenvalue weighted by molar-refractivity contribution is 0.630. The van der Waals surface area contributed by atoms with Crippen molar-refractivity contribution in [3.8, 4) is 6.07 Å². The number of hydrogen-bond acceptors (Lipinski definition) is 3. The summed E-state index contributed by atoms with van der Waals surface area (Å²) in [5, 5.41) is 11.6. The molecule has 0 bridgehead atoms. The van der Waals surface area contributed by atoms with Crippen LogP contribution in [0.1, 0.15) is 11.1 Å². The van der Waals surface area contributed by atoms with Crippen LogP contribution in [-0.2, 0) is 0 Å². The summed E-state index contributed by atoms with van der Waals surface area (Å²) in [4.78, 5) is 4.02. The Hall–Kier alpha value is -2.41. The summed E-state index contributed by atoms with van der Waals surface area (Å²) in [7, 11) is 0. The first-order valence-electron chi connectivity index (χ1n) is 5.08. The summed E-state index contributed by atoms with van der Waals surface area (Å²) in [6.07, 6.45) is 1.51. The van der Waals surface area contributed by atoms with Gasteiger partial charge in [-0.05, 0) is 36.8 Å². The van der Waals surface area contributed by atoms with Crippen molar-refractivity contribution < 1.29 is 4.39 Å². The summed E-state index contributed by atoms with van der Waals surface area (Å²) < 4.78 is 13.6. The van der Waals surface area contributed by atoms with Crippen molar-refractivity contribution in [1.29, 1.82) is 5.26 Å². The van der Waals surface area contributed by atoms with E-state index in [1.165, 1.54) is 12.3 Å². The summed E-state index contributed by atoms with van der Waals surface area (Å²) in [6.45, 7) is 1.82. The second-order valence-corrected chi connectivity index (χ2v) is 3.65. The maximum Gasteiger partial charge on any atom is 0.146 e. The fraction of sp³-hybridized carbons (Fsp3) is 0.0769. The minimum atomic E-state index is -0.339. The molecule has 0 spiro atoms. The number of benzene rings is 1. The molecule has 1 aromatic carbocycles. The average molecular weight is 227 g/mol. The first kappa shape index (κ1) is 11.1. The molecule has 2 rings (SSSR count). The molecule has 1 aromatic heterocycles. The third kappa shape index (κ3) is 2.58. The van der Waals surface area contributed by atoms with Crippen LogP contribution < -0.4 is 5.32 Å². The summed E-state index contributed by atoms with van der Waals surface area (Å²) >= 11 is 0. The van der Waals surface area contributed by atoms with Crippen LogP contribution in [0, 0.1) is 24.1 Å². The van der Waals surface area contributed by atoms with E-state index in [4.69, 9.17) is 5.26 Å². The minimum absolute atomic E-state index is 0.339. The monoisotopic (exact) mass is 227 g/mol. The molecule has 4 heteroatoms. The van der Waals surface area contributed by atoms with Crippen LogP contribution in [0.3, 0.4) is 0 Å². The number of aromatic nitrogens is 1. The highest BCUT2D eigenvalue weighted by Crippen LogP contribution is 2.19. The molecule has 84 valence electrons. The third-order valence-corrected chi connectivity index (χ3v) is 2.28. The van der Waals surface area contributed by atoms with E-state index in [2.05, 4.69) is 10.3 Å². The average Bonchev–Trinajstić information content (AvgIpc) is 2.33. The number of nitriles is 1. The number of hydrogen-bond donors (Lipinski definition) is 1. The first-order chi connectivity index (χ1) is 8.19. The minimum Gasteiger partial charge on any atom is -0.338 e. The van der Waals surface area contributed by atoms with Crippen LogP contribution in [0.5, 0.6) is 0 Å². The number of rotatable bonds is 2. The highest BCUT2D eigenvalue weighted by atomic mass is 19.1. The Labute approximate surface area is 98.5 Å². The van der Waals surface area contributed by atoms with Crippen LogP contribution >= 0.6 is 0 Å². The van der Waals surface area contributed by atoms with E-state index < -0.39 is 0 Å². The maximum atomic E-state index is 13.6. The summed E-state index contributed by atoms with van der Waals surface area (Å²) in [5.41, 5.74) is 1.68. The molecule has 2 aromatic rings. The topological polar surface area (TPSA) is 48.7 Å². The Morgan fingerprint density at radius 2 is 2.12 bits per heavy atom. The van der Waals surface area contributed by atoms with E-state index in [-0.39, 0.29) is 5.82 Å². The van der Waals surface area contributed by atoms with E-state index in [1.54, 1.807) is 24.3 Å². The molecule has 0 aliphatic carbocycles. The lowest BCUT2D eigenvalue weighted by Gasteiger charge is -2.07. The van der Waals surface area contributed by atoms with Gasteiger partial charge >= 0.3 is 0 Å². The van der Waals surface area contributed by atoms with Gasteiger partial charge in [0.05, 0.1) is 17.3 Å². The van der Waals surface area contributed by atoms with Gasteiger partial charge in [-0.1, -0.05) is 6.07 Å². The number of aryl methyl sites for hydroxylation is 1. The van der Waals surface area contributed by atoms with Gasteiger partial charge in [0.2, 0.25) is 0 Å². The lowest BCUT2D eigenvalue weighted by Crippen LogP contribution is -1.96. The van der Waals surface area contributed by atoms with Crippen LogP contribution in [-0.4, -0.2) is 4.98 Å². The van der Waals surface area contributed by atoms with Crippen molar-refractivity contribution in [3.05, 3.63) is 53.5 Å². The molecule has 0 saturated heterocycles. The van der Waals surface area contributed by atoms with Gasteiger partial charge < -0.3 is 5.32 Å². The van der Waals surface area contributed by atoms with Crippen molar-refractivity contribution in [3.63, 3.8) is 0 Å². The third-order valence-electron chi connectivity index (χ3n) is 2.28. The van der Waals surface area contributed by atoms with Crippen LogP contribution in [0.2, 0.25) is 0 Å². The fourth-order valence-electron chi connectivity index (χ4n) is 1.43. The first-order valence-corrected chi connectivity index (χ1v) is 5.08. The smallest absolute Gasteiger partial charge is 0.146 e. The normalized spacial score (nSPS) is 9.71. The van der Waals surface area contributed by atoms with E-state index in [1.807, 2.05) is 13.0 Å². The van der Waals surface area contributed by atoms with Gasteiger partial charge in [-0.15, -0.1) is 0 Å². The molecule has 0 unspecified atom stereocenters. The Balaban J connectivity index is 2.28. The van der Waals surface area contributed by atoms with Gasteiger partial charge in [-0.3, -0.25) is 0 Å². The molecule has 17 heavy (non-hydrogen) atoms. The van der Waals surface area contributed by atoms with Gasteiger partial charge in [0, 0.05) is 6.20 Å². The second-order valence-electron chi connectivity index (χ2n) is 3.65. The zero-order valence-electron chi connectivity index (χ0n) is 9.24. The number of nitrogens with zero attached hydrogens (tertiary/aromatic N) is 2. The van der Waals surface area contributed by atoms with Crippen molar-refractivity contribution in [2.24, 2.45) is 0 Å². The summed E-state index contributed by atoms with van der Waals surface area (Å²) in [6, 6.07) is 10.1. The summed E-state index contributed by atoms with van der Waals surface area (Å²) in [5.74, 6) is 0.112. The number of pyridine rings is 1. The van der Waals surface area contributed by atoms with Gasteiger partial charge in [0.15, 0.2) is 0 Å². The fourth-order valence-corrected chi connectivity index (χ4v) is 1.43. The molecule has 0 amide bonds. The largest absolute Gasteiger partial charge is 0.338 e. The standard InChI is InChI=1S/C13H10FN3/c1-9-2-3-12(11(14)6-9)17-13-7-10(8-15)4-5-16-13/h2-7H,1H3,(H,16,17). The lowest BCUT2D eigenvalue weighted by atomic mass is 10.2. The quantitative estimate of drug-likeness (QED) is 0.857. The van der Waals surface area contributed by atoms with Gasteiger partial charge in [0.25, 0.3) is 0 Å². The molecule has 3 nitrogen and oxygen atoms in total. The predicted molar refractivity (Wildman–Crippen MR) is 63.4 cm³/mol. The predicted octanol–water partition coefficient (Wildman–Crippen LogP) is 3.14. The van der Waals surface area contributed by atoms with Gasteiger partial charge in [-0.25, -0.2) is 9.37 Å². The van der Waals surface area contributed by atoms with E-state index in [0.717, 1.165) is 5.56 Å². The molecule has 1 N–H and O–H groups in total. The number of halogens is 1. The van der Waals surface area contributed by atoms with Gasteiger partial charge in [0.1, 0.15) is 11.6 Å². The second kappa shape index (κ2) is 4.62. The Morgan fingerprint density at radius 3 is 2.82 bits per heavy atom. The van der Waals surface area contributed by atoms with Crippen molar-refractivity contribution in [2.75, 3.05) is 5.32 Å². The molecule has 0 aliphatic rings. The Morgan fingerprint density at radius 1 is 1.29 bits per heavy atom. The highest BCUT2D eigenvalue weighted by molar-refractivity contribution is 5.58. The van der Waals surface area contributed by atoms with E-state index in [9.17, 15) is 4.39 Å². The number of nitrogens with one attached hydrogen (secondary N) is 1. The molecular weight excluding hydrogens is 217 g/mol. The molecule has 1 heterocycles. The van der Waals surface area contributed by atoms with Crippen molar-refractivity contribution in [2.45, 2.75) is 6.92 Å². The zero-order chi connectivity index (χ0) is 12.3. The molecule has 0 saturated carbocycles. The van der Waals surface area contributed by atoms with E-state index in [0.29, 0.717) is 17.1 Å². The molecular formula is C13H10FN3. The van der Waals surface area contributed by atoms with E-state index >= 15 is 0 Å². The van der Waals surface area contributed by atoms with Crippen molar-refractivity contribution in [1.82, 2.24) is 4.98 Å².